The molecule has 0 saturated heterocycles. The van der Waals surface area contributed by atoms with Crippen LogP contribution in [0.4, 0.5) is 0 Å². The molecule has 1 aromatic carbocycles. The lowest BCUT2D eigenvalue weighted by atomic mass is 9.97. The van der Waals surface area contributed by atoms with E-state index in [4.69, 9.17) is 5.84 Å². The molecule has 0 aliphatic rings. The Morgan fingerprint density at radius 2 is 2.12 bits per heavy atom. The second kappa shape index (κ2) is 4.65. The van der Waals surface area contributed by atoms with Gasteiger partial charge in [-0.15, -0.1) is 5.10 Å². The molecule has 0 spiro atoms. The van der Waals surface area contributed by atoms with Gasteiger partial charge in [-0.25, -0.2) is 5.43 Å². The van der Waals surface area contributed by atoms with Gasteiger partial charge >= 0.3 is 0 Å². The van der Waals surface area contributed by atoms with Crippen molar-refractivity contribution in [3.8, 4) is 0 Å². The molecule has 0 aliphatic heterocycles. The Morgan fingerprint density at radius 1 is 1.35 bits per heavy atom. The van der Waals surface area contributed by atoms with E-state index in [9.17, 15) is 0 Å². The Bertz CT molecular complexity index is 517. The molecule has 2 rings (SSSR count). The van der Waals surface area contributed by atoms with Gasteiger partial charge in [-0.3, -0.25) is 10.5 Å². The summed E-state index contributed by atoms with van der Waals surface area (Å²) in [6, 6.07) is 6.23. The maximum Gasteiger partial charge on any atom is 0.0897 e. The van der Waals surface area contributed by atoms with Gasteiger partial charge < -0.3 is 0 Å². The first-order valence-corrected chi connectivity index (χ1v) is 5.51. The molecule has 5 heteroatoms. The summed E-state index contributed by atoms with van der Waals surface area (Å²) in [5.74, 6) is 5.66. The predicted molar refractivity (Wildman–Crippen MR) is 66.1 cm³/mol. The first-order valence-electron chi connectivity index (χ1n) is 5.51. The number of benzene rings is 1. The van der Waals surface area contributed by atoms with Crippen molar-refractivity contribution in [2.45, 2.75) is 19.9 Å². The highest BCUT2D eigenvalue weighted by Crippen LogP contribution is 2.24. The van der Waals surface area contributed by atoms with Crippen LogP contribution in [0.1, 0.15) is 28.4 Å². The van der Waals surface area contributed by atoms with Crippen molar-refractivity contribution in [3.05, 3.63) is 46.8 Å². The van der Waals surface area contributed by atoms with Crippen LogP contribution in [-0.2, 0) is 7.05 Å². The van der Waals surface area contributed by atoms with Gasteiger partial charge in [0.15, 0.2) is 0 Å². The highest BCUT2D eigenvalue weighted by atomic mass is 15.4. The lowest BCUT2D eigenvalue weighted by molar-refractivity contribution is 0.568. The van der Waals surface area contributed by atoms with E-state index in [-0.39, 0.29) is 6.04 Å². The normalized spacial score (nSPS) is 12.7. The number of nitrogens with zero attached hydrogens (tertiary/aromatic N) is 3. The number of hydrogen-bond acceptors (Lipinski definition) is 4. The molecule has 5 nitrogen and oxygen atoms in total. The van der Waals surface area contributed by atoms with Crippen LogP contribution in [-0.4, -0.2) is 15.0 Å². The summed E-state index contributed by atoms with van der Waals surface area (Å²) in [6.07, 6.45) is 1.73. The van der Waals surface area contributed by atoms with Gasteiger partial charge in [-0.1, -0.05) is 29.0 Å². The van der Waals surface area contributed by atoms with Gasteiger partial charge in [0.05, 0.1) is 17.9 Å². The molecule has 3 N–H and O–H groups in total. The van der Waals surface area contributed by atoms with Gasteiger partial charge in [-0.05, 0) is 25.0 Å². The zero-order valence-electron chi connectivity index (χ0n) is 10.3. The molecule has 17 heavy (non-hydrogen) atoms. The van der Waals surface area contributed by atoms with Crippen molar-refractivity contribution in [1.82, 2.24) is 20.4 Å². The molecule has 1 atom stereocenters. The van der Waals surface area contributed by atoms with Gasteiger partial charge in [0, 0.05) is 7.05 Å². The highest BCUT2D eigenvalue weighted by Gasteiger charge is 2.18. The monoisotopic (exact) mass is 231 g/mol. The summed E-state index contributed by atoms with van der Waals surface area (Å²) < 4.78 is 1.73. The van der Waals surface area contributed by atoms with Crippen LogP contribution in [0.15, 0.2) is 24.4 Å². The van der Waals surface area contributed by atoms with Crippen molar-refractivity contribution < 1.29 is 0 Å². The van der Waals surface area contributed by atoms with Crippen LogP contribution < -0.4 is 11.3 Å². The third kappa shape index (κ3) is 2.20. The molecular formula is C12H17N5. The summed E-state index contributed by atoms with van der Waals surface area (Å²) >= 11 is 0. The number of nitrogens with one attached hydrogen (secondary N) is 1. The SMILES string of the molecule is Cc1ccc(C)c(C(NN)c2cnnn2C)c1. The third-order valence-electron chi connectivity index (χ3n) is 2.96. The fourth-order valence-electron chi connectivity index (χ4n) is 1.96. The minimum absolute atomic E-state index is 0.0881. The van der Waals surface area contributed by atoms with Gasteiger partial charge in [0.2, 0.25) is 0 Å². The molecule has 1 heterocycles. The molecule has 90 valence electrons. The highest BCUT2D eigenvalue weighted by molar-refractivity contribution is 5.36. The topological polar surface area (TPSA) is 68.8 Å². The van der Waals surface area contributed by atoms with E-state index < -0.39 is 0 Å². The number of aryl methyl sites for hydroxylation is 3. The summed E-state index contributed by atoms with van der Waals surface area (Å²) in [5.41, 5.74) is 7.33. The van der Waals surface area contributed by atoms with Gasteiger partial charge in [0.25, 0.3) is 0 Å². The number of hydrogen-bond donors (Lipinski definition) is 2. The Morgan fingerprint density at radius 3 is 2.71 bits per heavy atom. The summed E-state index contributed by atoms with van der Waals surface area (Å²) in [7, 11) is 1.86. The van der Waals surface area contributed by atoms with Crippen molar-refractivity contribution in [2.24, 2.45) is 12.9 Å². The minimum Gasteiger partial charge on any atom is -0.271 e. The van der Waals surface area contributed by atoms with Crippen molar-refractivity contribution in [3.63, 3.8) is 0 Å². The molecule has 0 radical (unpaired) electrons. The molecule has 1 aromatic heterocycles. The van der Waals surface area contributed by atoms with E-state index in [0.717, 1.165) is 11.3 Å². The Labute approximate surface area is 101 Å². The largest absolute Gasteiger partial charge is 0.271 e. The zero-order chi connectivity index (χ0) is 12.4. The van der Waals surface area contributed by atoms with Crippen LogP contribution in [0, 0.1) is 13.8 Å². The Hall–Kier alpha value is -1.72. The molecule has 0 amide bonds. The van der Waals surface area contributed by atoms with Gasteiger partial charge in [0.1, 0.15) is 0 Å². The van der Waals surface area contributed by atoms with Crippen LogP contribution in [0.25, 0.3) is 0 Å². The first-order chi connectivity index (χ1) is 8.13. The summed E-state index contributed by atoms with van der Waals surface area (Å²) in [5, 5.41) is 7.82. The van der Waals surface area contributed by atoms with Crippen molar-refractivity contribution in [1.29, 1.82) is 0 Å². The van der Waals surface area contributed by atoms with E-state index >= 15 is 0 Å². The molecule has 0 bridgehead atoms. The molecule has 0 aliphatic carbocycles. The number of nitrogens with two attached hydrogens (primary N) is 1. The van der Waals surface area contributed by atoms with E-state index in [1.54, 1.807) is 10.9 Å². The van der Waals surface area contributed by atoms with Crippen LogP contribution in [0.2, 0.25) is 0 Å². The average molecular weight is 231 g/mol. The molecule has 1 unspecified atom stereocenters. The number of rotatable bonds is 3. The van der Waals surface area contributed by atoms with E-state index in [0.29, 0.717) is 0 Å². The third-order valence-corrected chi connectivity index (χ3v) is 2.96. The lowest BCUT2D eigenvalue weighted by Crippen LogP contribution is -2.31. The minimum atomic E-state index is -0.0881. The average Bonchev–Trinajstić information content (AvgIpc) is 2.71. The quantitative estimate of drug-likeness (QED) is 0.610. The number of aromatic nitrogens is 3. The predicted octanol–water partition coefficient (Wildman–Crippen LogP) is 0.985. The zero-order valence-corrected chi connectivity index (χ0v) is 10.3. The summed E-state index contributed by atoms with van der Waals surface area (Å²) in [6.45, 7) is 4.14. The maximum atomic E-state index is 5.66. The summed E-state index contributed by atoms with van der Waals surface area (Å²) in [4.78, 5) is 0. The standard InChI is InChI=1S/C12H17N5/c1-8-4-5-9(2)10(6-8)12(15-13)11-7-14-16-17(11)3/h4-7,12,15H,13H2,1-3H3. The van der Waals surface area contributed by atoms with E-state index in [1.807, 2.05) is 7.05 Å². The van der Waals surface area contributed by atoms with Crippen molar-refractivity contribution >= 4 is 0 Å². The van der Waals surface area contributed by atoms with Crippen LogP contribution >= 0.6 is 0 Å². The first kappa shape index (κ1) is 11.8. The van der Waals surface area contributed by atoms with Gasteiger partial charge in [-0.2, -0.15) is 0 Å². The molecular weight excluding hydrogens is 214 g/mol. The Kier molecular flexibility index (Phi) is 3.21. The molecule has 0 saturated carbocycles. The van der Waals surface area contributed by atoms with Crippen LogP contribution in [0.5, 0.6) is 0 Å². The lowest BCUT2D eigenvalue weighted by Gasteiger charge is -2.18. The second-order valence-corrected chi connectivity index (χ2v) is 4.24. The smallest absolute Gasteiger partial charge is 0.0897 e. The maximum absolute atomic E-state index is 5.66. The van der Waals surface area contributed by atoms with E-state index in [2.05, 4.69) is 47.8 Å². The fourth-order valence-corrected chi connectivity index (χ4v) is 1.96. The number of hydrazine groups is 1. The van der Waals surface area contributed by atoms with Crippen LogP contribution in [0.3, 0.4) is 0 Å². The second-order valence-electron chi connectivity index (χ2n) is 4.24. The Balaban J connectivity index is 2.49. The van der Waals surface area contributed by atoms with Crippen molar-refractivity contribution in [2.75, 3.05) is 0 Å². The molecule has 2 aromatic rings. The van der Waals surface area contributed by atoms with E-state index in [1.165, 1.54) is 11.1 Å². The molecule has 0 fully saturated rings. The fraction of sp³-hybridized carbons (Fsp3) is 0.333.